The summed E-state index contributed by atoms with van der Waals surface area (Å²) < 4.78 is 1.89. The molecule has 2 aromatic carbocycles. The van der Waals surface area contributed by atoms with E-state index in [9.17, 15) is 9.59 Å². The lowest BCUT2D eigenvalue weighted by atomic mass is 9.93. The van der Waals surface area contributed by atoms with Crippen molar-refractivity contribution in [2.45, 2.75) is 19.8 Å². The van der Waals surface area contributed by atoms with Gasteiger partial charge in [-0.15, -0.1) is 0 Å². The van der Waals surface area contributed by atoms with Crippen LogP contribution in [-0.4, -0.2) is 11.6 Å². The normalized spacial score (nSPS) is 10.7. The largest absolute Gasteiger partial charge is 0.294 e. The highest BCUT2D eigenvalue weighted by Gasteiger charge is 2.16. The van der Waals surface area contributed by atoms with Crippen molar-refractivity contribution in [2.24, 2.45) is 5.92 Å². The molecule has 0 saturated heterocycles. The van der Waals surface area contributed by atoms with Gasteiger partial charge in [-0.25, -0.2) is 0 Å². The van der Waals surface area contributed by atoms with E-state index in [2.05, 4.69) is 31.9 Å². The number of Topliss-reactive ketones (excluding diaryl/α,β-unsaturated/α-hetero) is 2. The van der Waals surface area contributed by atoms with Gasteiger partial charge in [0.15, 0.2) is 11.6 Å². The minimum atomic E-state index is 0.0206. The van der Waals surface area contributed by atoms with Crippen molar-refractivity contribution in [2.75, 3.05) is 0 Å². The van der Waals surface area contributed by atoms with Gasteiger partial charge in [0.2, 0.25) is 0 Å². The first-order chi connectivity index (χ1) is 10.5. The number of carbonyl (C=O) groups excluding carboxylic acids is 2. The number of hydrogen-bond donors (Lipinski definition) is 0. The molecule has 0 atom stereocenters. The number of rotatable bonds is 6. The molecule has 0 saturated carbocycles. The summed E-state index contributed by atoms with van der Waals surface area (Å²) in [6, 6.07) is 14.6. The molecule has 0 radical (unpaired) electrons. The molecule has 0 aliphatic rings. The molecule has 0 aliphatic heterocycles. The van der Waals surface area contributed by atoms with Gasteiger partial charge in [-0.1, -0.05) is 63.0 Å². The second-order valence-corrected chi connectivity index (χ2v) is 7.20. The first-order valence-electron chi connectivity index (χ1n) is 7.03. The van der Waals surface area contributed by atoms with E-state index >= 15 is 0 Å². The van der Waals surface area contributed by atoms with Crippen LogP contribution in [0.1, 0.15) is 40.5 Å². The maximum absolute atomic E-state index is 12.2. The molecule has 114 valence electrons. The zero-order chi connectivity index (χ0) is 16.1. The Bertz CT molecular complexity index is 601. The smallest absolute Gasteiger partial charge is 0.163 e. The van der Waals surface area contributed by atoms with Gasteiger partial charge >= 0.3 is 0 Å². The van der Waals surface area contributed by atoms with Crippen LogP contribution in [0.4, 0.5) is 0 Å². The Morgan fingerprint density at radius 1 is 0.773 bits per heavy atom. The van der Waals surface area contributed by atoms with E-state index in [1.165, 1.54) is 0 Å². The molecule has 0 heterocycles. The van der Waals surface area contributed by atoms with Gasteiger partial charge in [0.1, 0.15) is 0 Å². The van der Waals surface area contributed by atoms with Crippen molar-refractivity contribution in [1.82, 2.24) is 0 Å². The topological polar surface area (TPSA) is 34.1 Å². The summed E-state index contributed by atoms with van der Waals surface area (Å²) >= 11 is 6.70. The second kappa shape index (κ2) is 7.84. The van der Waals surface area contributed by atoms with Gasteiger partial charge in [-0.2, -0.15) is 0 Å². The molecule has 0 amide bonds. The van der Waals surface area contributed by atoms with Crippen molar-refractivity contribution in [3.63, 3.8) is 0 Å². The summed E-state index contributed by atoms with van der Waals surface area (Å²) in [4.78, 5) is 24.4. The lowest BCUT2D eigenvalue weighted by Gasteiger charge is -2.10. The average molecular weight is 424 g/mol. The van der Waals surface area contributed by atoms with E-state index in [4.69, 9.17) is 0 Å². The van der Waals surface area contributed by atoms with Gasteiger partial charge in [0.25, 0.3) is 0 Å². The van der Waals surface area contributed by atoms with Crippen LogP contribution in [0.2, 0.25) is 0 Å². The van der Waals surface area contributed by atoms with Crippen LogP contribution in [0.15, 0.2) is 57.5 Å². The average Bonchev–Trinajstić information content (AvgIpc) is 2.48. The molecular formula is C18H16Br2O2. The van der Waals surface area contributed by atoms with E-state index in [0.717, 1.165) is 8.95 Å². The van der Waals surface area contributed by atoms with Gasteiger partial charge in [-0.3, -0.25) is 9.59 Å². The third-order valence-electron chi connectivity index (χ3n) is 3.40. The van der Waals surface area contributed by atoms with Gasteiger partial charge in [0.05, 0.1) is 0 Å². The lowest BCUT2D eigenvalue weighted by molar-refractivity contribution is 0.0928. The number of carbonyl (C=O) groups is 2. The zero-order valence-electron chi connectivity index (χ0n) is 12.2. The Morgan fingerprint density at radius 3 is 1.41 bits per heavy atom. The molecule has 0 bridgehead atoms. The first-order valence-corrected chi connectivity index (χ1v) is 8.62. The van der Waals surface area contributed by atoms with Gasteiger partial charge < -0.3 is 0 Å². The molecule has 0 aliphatic carbocycles. The molecule has 0 N–H and O–H groups in total. The van der Waals surface area contributed by atoms with E-state index < -0.39 is 0 Å². The third-order valence-corrected chi connectivity index (χ3v) is 4.46. The van der Waals surface area contributed by atoms with Crippen LogP contribution in [0.3, 0.4) is 0 Å². The predicted molar refractivity (Wildman–Crippen MR) is 95.3 cm³/mol. The van der Waals surface area contributed by atoms with Crippen LogP contribution in [0.25, 0.3) is 0 Å². The summed E-state index contributed by atoms with van der Waals surface area (Å²) in [5.74, 6) is 0.166. The summed E-state index contributed by atoms with van der Waals surface area (Å²) in [7, 11) is 0. The maximum Gasteiger partial charge on any atom is 0.163 e. The van der Waals surface area contributed by atoms with E-state index in [0.29, 0.717) is 24.0 Å². The Morgan fingerprint density at radius 2 is 1.09 bits per heavy atom. The minimum absolute atomic E-state index is 0.0206. The third kappa shape index (κ3) is 4.89. The highest BCUT2D eigenvalue weighted by Crippen LogP contribution is 2.19. The fraction of sp³-hybridized carbons (Fsp3) is 0.222. The van der Waals surface area contributed by atoms with Gasteiger partial charge in [-0.05, 0) is 30.2 Å². The van der Waals surface area contributed by atoms with Crippen molar-refractivity contribution >= 4 is 43.4 Å². The molecule has 0 fully saturated rings. The molecule has 2 nitrogen and oxygen atoms in total. The van der Waals surface area contributed by atoms with Gasteiger partial charge in [0, 0.05) is 32.9 Å². The van der Waals surface area contributed by atoms with E-state index in [1.807, 2.05) is 31.2 Å². The molecule has 4 heteroatoms. The highest BCUT2D eigenvalue weighted by atomic mass is 79.9. The standard InChI is InChI=1S/C18H16Br2O2/c1-12(10-17(21)13-2-6-15(19)7-3-13)11-18(22)14-4-8-16(20)9-5-14/h2-9,12H,10-11H2,1H3. The summed E-state index contributed by atoms with van der Waals surface area (Å²) in [6.45, 7) is 1.94. The van der Waals surface area contributed by atoms with Crippen LogP contribution in [-0.2, 0) is 0 Å². The van der Waals surface area contributed by atoms with Crippen molar-refractivity contribution in [1.29, 1.82) is 0 Å². The second-order valence-electron chi connectivity index (χ2n) is 5.37. The van der Waals surface area contributed by atoms with Crippen LogP contribution >= 0.6 is 31.9 Å². The molecule has 0 unspecified atom stereocenters. The zero-order valence-corrected chi connectivity index (χ0v) is 15.4. The number of ketones is 2. The highest BCUT2D eigenvalue weighted by molar-refractivity contribution is 9.10. The number of benzene rings is 2. The SMILES string of the molecule is CC(CC(=O)c1ccc(Br)cc1)CC(=O)c1ccc(Br)cc1. The fourth-order valence-electron chi connectivity index (χ4n) is 2.21. The molecule has 22 heavy (non-hydrogen) atoms. The lowest BCUT2D eigenvalue weighted by Crippen LogP contribution is -2.11. The monoisotopic (exact) mass is 422 g/mol. The summed E-state index contributed by atoms with van der Waals surface area (Å²) in [6.07, 6.45) is 0.758. The molecule has 2 rings (SSSR count). The Balaban J connectivity index is 1.93. The van der Waals surface area contributed by atoms with Crippen molar-refractivity contribution in [3.8, 4) is 0 Å². The maximum atomic E-state index is 12.2. The number of halogens is 2. The first kappa shape index (κ1) is 17.1. The molecular weight excluding hydrogens is 408 g/mol. The number of hydrogen-bond acceptors (Lipinski definition) is 2. The van der Waals surface area contributed by atoms with E-state index in [-0.39, 0.29) is 17.5 Å². The van der Waals surface area contributed by atoms with Crippen LogP contribution in [0, 0.1) is 5.92 Å². The molecule has 0 spiro atoms. The van der Waals surface area contributed by atoms with Crippen LogP contribution in [0.5, 0.6) is 0 Å². The molecule has 2 aromatic rings. The van der Waals surface area contributed by atoms with E-state index in [1.54, 1.807) is 24.3 Å². The van der Waals surface area contributed by atoms with Crippen molar-refractivity contribution in [3.05, 3.63) is 68.6 Å². The summed E-state index contributed by atoms with van der Waals surface area (Å²) in [5.41, 5.74) is 1.37. The quantitative estimate of drug-likeness (QED) is 0.559. The van der Waals surface area contributed by atoms with Crippen LogP contribution < -0.4 is 0 Å². The Kier molecular flexibility index (Phi) is 6.09. The fourth-order valence-corrected chi connectivity index (χ4v) is 2.74. The molecule has 0 aromatic heterocycles. The summed E-state index contributed by atoms with van der Waals surface area (Å²) in [5, 5.41) is 0. The Hall–Kier alpha value is -1.26. The van der Waals surface area contributed by atoms with Crippen molar-refractivity contribution < 1.29 is 9.59 Å². The Labute approximate surface area is 147 Å². The predicted octanol–water partition coefficient (Wildman–Crippen LogP) is 5.69. The minimum Gasteiger partial charge on any atom is -0.294 e.